The zero-order valence-electron chi connectivity index (χ0n) is 12.3. The Morgan fingerprint density at radius 3 is 2.79 bits per heavy atom. The summed E-state index contributed by atoms with van der Waals surface area (Å²) >= 11 is 0. The van der Waals surface area contributed by atoms with Crippen LogP contribution in [-0.2, 0) is 11.2 Å². The Morgan fingerprint density at radius 2 is 2.11 bits per heavy atom. The third kappa shape index (κ3) is 4.63. The molecule has 1 aliphatic rings. The van der Waals surface area contributed by atoms with E-state index in [0.29, 0.717) is 6.10 Å². The minimum absolute atomic E-state index is 0.257. The van der Waals surface area contributed by atoms with E-state index in [0.717, 1.165) is 25.9 Å². The number of hydrogen-bond donors (Lipinski definition) is 1. The molecule has 2 N–H and O–H groups in total. The summed E-state index contributed by atoms with van der Waals surface area (Å²) in [6, 6.07) is 6.93. The zero-order valence-corrected chi connectivity index (χ0v) is 12.3. The number of hydrogen-bond acceptors (Lipinski definition) is 2. The van der Waals surface area contributed by atoms with E-state index in [2.05, 4.69) is 32.0 Å². The molecule has 0 radical (unpaired) electrons. The van der Waals surface area contributed by atoms with Crippen molar-refractivity contribution in [3.05, 3.63) is 34.9 Å². The van der Waals surface area contributed by atoms with Crippen LogP contribution in [0.3, 0.4) is 0 Å². The first-order chi connectivity index (χ1) is 9.15. The monoisotopic (exact) mass is 261 g/mol. The van der Waals surface area contributed by atoms with Crippen LogP contribution in [0.15, 0.2) is 18.2 Å². The molecule has 0 aliphatic carbocycles. The molecule has 2 unspecified atom stereocenters. The van der Waals surface area contributed by atoms with Crippen LogP contribution in [0, 0.1) is 13.8 Å². The number of benzene rings is 1. The minimum Gasteiger partial charge on any atom is -0.378 e. The molecule has 1 aromatic carbocycles. The molecule has 1 aliphatic heterocycles. The Morgan fingerprint density at radius 1 is 1.26 bits per heavy atom. The summed E-state index contributed by atoms with van der Waals surface area (Å²) < 4.78 is 5.76. The molecule has 2 heteroatoms. The van der Waals surface area contributed by atoms with E-state index in [9.17, 15) is 0 Å². The smallest absolute Gasteiger partial charge is 0.0575 e. The van der Waals surface area contributed by atoms with Crippen LogP contribution in [0.4, 0.5) is 0 Å². The van der Waals surface area contributed by atoms with Gasteiger partial charge in [0.1, 0.15) is 0 Å². The highest BCUT2D eigenvalue weighted by molar-refractivity contribution is 5.30. The third-order valence-electron chi connectivity index (χ3n) is 4.20. The fraction of sp³-hybridized carbons (Fsp3) is 0.647. The van der Waals surface area contributed by atoms with Gasteiger partial charge in [0, 0.05) is 12.6 Å². The summed E-state index contributed by atoms with van der Waals surface area (Å²) in [7, 11) is 0. The lowest BCUT2D eigenvalue weighted by Crippen LogP contribution is -2.27. The number of nitrogens with two attached hydrogens (primary N) is 1. The Labute approximate surface area is 117 Å². The highest BCUT2D eigenvalue weighted by Gasteiger charge is 2.15. The molecular formula is C17H27NO. The van der Waals surface area contributed by atoms with E-state index in [1.165, 1.54) is 36.0 Å². The molecule has 0 saturated carbocycles. The Kier molecular flexibility index (Phi) is 5.41. The molecular weight excluding hydrogens is 234 g/mol. The van der Waals surface area contributed by atoms with Gasteiger partial charge in [0.15, 0.2) is 0 Å². The summed E-state index contributed by atoms with van der Waals surface area (Å²) in [6.07, 6.45) is 7.38. The van der Waals surface area contributed by atoms with Gasteiger partial charge < -0.3 is 10.5 Å². The SMILES string of the molecule is Cc1ccc(CC(N)CCC2CCCCO2)cc1C. The van der Waals surface area contributed by atoms with Gasteiger partial charge in [0.05, 0.1) is 6.10 Å². The summed E-state index contributed by atoms with van der Waals surface area (Å²) in [6.45, 7) is 5.26. The summed E-state index contributed by atoms with van der Waals surface area (Å²) in [5.41, 5.74) is 10.3. The van der Waals surface area contributed by atoms with E-state index in [1.807, 2.05) is 0 Å². The van der Waals surface area contributed by atoms with E-state index in [4.69, 9.17) is 10.5 Å². The predicted octanol–water partition coefficient (Wildman–Crippen LogP) is 3.52. The first kappa shape index (κ1) is 14.5. The molecule has 106 valence electrons. The molecule has 0 spiro atoms. The van der Waals surface area contributed by atoms with Crippen molar-refractivity contribution in [3.63, 3.8) is 0 Å². The molecule has 0 amide bonds. The van der Waals surface area contributed by atoms with E-state index >= 15 is 0 Å². The number of ether oxygens (including phenoxy) is 1. The van der Waals surface area contributed by atoms with Gasteiger partial charge in [-0.05, 0) is 69.1 Å². The lowest BCUT2D eigenvalue weighted by Gasteiger charge is -2.23. The van der Waals surface area contributed by atoms with Gasteiger partial charge in [-0.2, -0.15) is 0 Å². The van der Waals surface area contributed by atoms with Crippen molar-refractivity contribution in [2.75, 3.05) is 6.61 Å². The second kappa shape index (κ2) is 7.06. The molecule has 1 saturated heterocycles. The second-order valence-electron chi connectivity index (χ2n) is 5.95. The highest BCUT2D eigenvalue weighted by atomic mass is 16.5. The van der Waals surface area contributed by atoms with Crippen LogP contribution in [0.25, 0.3) is 0 Å². The van der Waals surface area contributed by atoms with Gasteiger partial charge in [-0.25, -0.2) is 0 Å². The van der Waals surface area contributed by atoms with Crippen molar-refractivity contribution in [3.8, 4) is 0 Å². The molecule has 1 fully saturated rings. The van der Waals surface area contributed by atoms with Crippen molar-refractivity contribution < 1.29 is 4.74 Å². The standard InChI is InChI=1S/C17H27NO/c1-13-6-7-15(11-14(13)2)12-16(18)8-9-17-5-3-4-10-19-17/h6-7,11,16-17H,3-5,8-10,12,18H2,1-2H3. The van der Waals surface area contributed by atoms with E-state index < -0.39 is 0 Å². The number of rotatable bonds is 5. The molecule has 1 aromatic rings. The van der Waals surface area contributed by atoms with Crippen molar-refractivity contribution in [2.45, 2.75) is 64.5 Å². The zero-order chi connectivity index (χ0) is 13.7. The largest absolute Gasteiger partial charge is 0.378 e. The quantitative estimate of drug-likeness (QED) is 0.880. The molecule has 1 heterocycles. The molecule has 2 rings (SSSR count). The molecule has 2 atom stereocenters. The van der Waals surface area contributed by atoms with Crippen LogP contribution in [0.1, 0.15) is 48.8 Å². The number of aryl methyl sites for hydroxylation is 2. The fourth-order valence-electron chi connectivity index (χ4n) is 2.77. The van der Waals surface area contributed by atoms with Crippen LogP contribution in [0.5, 0.6) is 0 Å². The first-order valence-electron chi connectivity index (χ1n) is 7.58. The molecule has 0 bridgehead atoms. The Bertz CT molecular complexity index is 396. The van der Waals surface area contributed by atoms with Crippen LogP contribution in [0.2, 0.25) is 0 Å². The summed E-state index contributed by atoms with van der Waals surface area (Å²) in [5.74, 6) is 0. The van der Waals surface area contributed by atoms with Crippen LogP contribution >= 0.6 is 0 Å². The molecule has 2 nitrogen and oxygen atoms in total. The van der Waals surface area contributed by atoms with Gasteiger partial charge in [-0.15, -0.1) is 0 Å². The molecule has 0 aromatic heterocycles. The Hall–Kier alpha value is -0.860. The van der Waals surface area contributed by atoms with Gasteiger partial charge in [0.25, 0.3) is 0 Å². The summed E-state index contributed by atoms with van der Waals surface area (Å²) in [4.78, 5) is 0. The van der Waals surface area contributed by atoms with E-state index in [1.54, 1.807) is 0 Å². The Balaban J connectivity index is 1.76. The highest BCUT2D eigenvalue weighted by Crippen LogP contribution is 2.19. The van der Waals surface area contributed by atoms with Crippen molar-refractivity contribution >= 4 is 0 Å². The predicted molar refractivity (Wildman–Crippen MR) is 80.4 cm³/mol. The van der Waals surface area contributed by atoms with Crippen molar-refractivity contribution in [1.82, 2.24) is 0 Å². The van der Waals surface area contributed by atoms with Gasteiger partial charge >= 0.3 is 0 Å². The van der Waals surface area contributed by atoms with E-state index in [-0.39, 0.29) is 6.04 Å². The maximum absolute atomic E-state index is 6.26. The normalized spacial score (nSPS) is 21.3. The van der Waals surface area contributed by atoms with Crippen molar-refractivity contribution in [2.24, 2.45) is 5.73 Å². The lowest BCUT2D eigenvalue weighted by molar-refractivity contribution is 0.00915. The fourth-order valence-corrected chi connectivity index (χ4v) is 2.77. The second-order valence-corrected chi connectivity index (χ2v) is 5.95. The minimum atomic E-state index is 0.257. The maximum Gasteiger partial charge on any atom is 0.0575 e. The van der Waals surface area contributed by atoms with Crippen LogP contribution < -0.4 is 5.73 Å². The summed E-state index contributed by atoms with van der Waals surface area (Å²) in [5, 5.41) is 0. The topological polar surface area (TPSA) is 35.2 Å². The van der Waals surface area contributed by atoms with Gasteiger partial charge in [-0.1, -0.05) is 18.2 Å². The molecule has 19 heavy (non-hydrogen) atoms. The van der Waals surface area contributed by atoms with Crippen LogP contribution in [-0.4, -0.2) is 18.8 Å². The third-order valence-corrected chi connectivity index (χ3v) is 4.20. The first-order valence-corrected chi connectivity index (χ1v) is 7.58. The van der Waals surface area contributed by atoms with Crippen molar-refractivity contribution in [1.29, 1.82) is 0 Å². The van der Waals surface area contributed by atoms with Gasteiger partial charge in [0.2, 0.25) is 0 Å². The average molecular weight is 261 g/mol. The average Bonchev–Trinajstić information content (AvgIpc) is 2.42. The maximum atomic E-state index is 6.26. The lowest BCUT2D eigenvalue weighted by atomic mass is 9.96. The van der Waals surface area contributed by atoms with Gasteiger partial charge in [-0.3, -0.25) is 0 Å².